The predicted molar refractivity (Wildman–Crippen MR) is 58.9 cm³/mol. The first-order valence-corrected chi connectivity index (χ1v) is 6.11. The van der Waals surface area contributed by atoms with Gasteiger partial charge in [-0.15, -0.1) is 0 Å². The van der Waals surface area contributed by atoms with Crippen LogP contribution >= 0.6 is 0 Å². The van der Waals surface area contributed by atoms with Gasteiger partial charge in [0.05, 0.1) is 6.61 Å². The molecule has 0 bridgehead atoms. The van der Waals surface area contributed by atoms with Gasteiger partial charge in [0.2, 0.25) is 0 Å². The molecule has 15 heavy (non-hydrogen) atoms. The number of carbonyl (C=O) groups excluding carboxylic acids is 1. The third-order valence-electron chi connectivity index (χ3n) is 3.79. The molecule has 2 rings (SSSR count). The molecule has 3 heteroatoms. The van der Waals surface area contributed by atoms with Crippen molar-refractivity contribution in [2.45, 2.75) is 44.6 Å². The van der Waals surface area contributed by atoms with Crippen LogP contribution in [0.4, 0.5) is 0 Å². The molecular weight excluding hydrogens is 190 g/mol. The maximum Gasteiger partial charge on any atom is 0.135 e. The van der Waals surface area contributed by atoms with E-state index in [2.05, 4.69) is 11.8 Å². The second kappa shape index (κ2) is 4.62. The summed E-state index contributed by atoms with van der Waals surface area (Å²) in [4.78, 5) is 13.7. The number of nitrogens with zero attached hydrogens (tertiary/aromatic N) is 1. The molecule has 0 spiro atoms. The fourth-order valence-electron chi connectivity index (χ4n) is 2.90. The highest BCUT2D eigenvalue weighted by Gasteiger charge is 2.40. The Labute approximate surface area is 91.8 Å². The van der Waals surface area contributed by atoms with Crippen LogP contribution in [0.15, 0.2) is 0 Å². The topological polar surface area (TPSA) is 29.5 Å². The summed E-state index contributed by atoms with van der Waals surface area (Å²) in [6.07, 6.45) is 5.04. The standard InChI is InChI=1S/C12H21NO2/c1-2-5-12(6-9-15-10-12)13-7-3-11(14)4-8-13/h2-10H2,1H3. The van der Waals surface area contributed by atoms with E-state index < -0.39 is 0 Å². The summed E-state index contributed by atoms with van der Waals surface area (Å²) < 4.78 is 5.57. The van der Waals surface area contributed by atoms with E-state index >= 15 is 0 Å². The van der Waals surface area contributed by atoms with Crippen LogP contribution in [0.3, 0.4) is 0 Å². The highest BCUT2D eigenvalue weighted by molar-refractivity contribution is 5.79. The van der Waals surface area contributed by atoms with Crippen LogP contribution in [-0.2, 0) is 9.53 Å². The Morgan fingerprint density at radius 2 is 2.13 bits per heavy atom. The molecular formula is C12H21NO2. The molecule has 1 atom stereocenters. The molecule has 0 aromatic carbocycles. The van der Waals surface area contributed by atoms with Gasteiger partial charge in [0.25, 0.3) is 0 Å². The van der Waals surface area contributed by atoms with Gasteiger partial charge in [0.15, 0.2) is 0 Å². The normalized spacial score (nSPS) is 33.5. The van der Waals surface area contributed by atoms with Crippen LogP contribution in [0.1, 0.15) is 39.0 Å². The third-order valence-corrected chi connectivity index (χ3v) is 3.79. The number of Topliss-reactive ketones (excluding diaryl/α,β-unsaturated/α-hetero) is 1. The van der Waals surface area contributed by atoms with Crippen molar-refractivity contribution in [2.24, 2.45) is 0 Å². The highest BCUT2D eigenvalue weighted by Crippen LogP contribution is 2.32. The van der Waals surface area contributed by atoms with Crippen LogP contribution < -0.4 is 0 Å². The van der Waals surface area contributed by atoms with E-state index in [4.69, 9.17) is 4.74 Å². The van der Waals surface area contributed by atoms with Crippen LogP contribution in [0.25, 0.3) is 0 Å². The Bertz CT molecular complexity index is 224. The summed E-state index contributed by atoms with van der Waals surface area (Å²) in [6.45, 7) is 5.89. The van der Waals surface area contributed by atoms with Crippen molar-refractivity contribution in [1.29, 1.82) is 0 Å². The van der Waals surface area contributed by atoms with E-state index in [-0.39, 0.29) is 5.54 Å². The fourth-order valence-corrected chi connectivity index (χ4v) is 2.90. The summed E-state index contributed by atoms with van der Waals surface area (Å²) in [5, 5.41) is 0. The Morgan fingerprint density at radius 1 is 1.40 bits per heavy atom. The number of hydrogen-bond donors (Lipinski definition) is 0. The van der Waals surface area contributed by atoms with E-state index in [0.29, 0.717) is 5.78 Å². The van der Waals surface area contributed by atoms with E-state index in [0.717, 1.165) is 45.6 Å². The summed E-state index contributed by atoms with van der Waals surface area (Å²) in [7, 11) is 0. The first-order chi connectivity index (χ1) is 7.27. The minimum absolute atomic E-state index is 0.259. The van der Waals surface area contributed by atoms with Crippen LogP contribution in [0, 0.1) is 0 Å². The van der Waals surface area contributed by atoms with E-state index in [1.165, 1.54) is 12.8 Å². The van der Waals surface area contributed by atoms with Gasteiger partial charge in [-0.05, 0) is 12.8 Å². The van der Waals surface area contributed by atoms with E-state index in [1.807, 2.05) is 0 Å². The lowest BCUT2D eigenvalue weighted by Crippen LogP contribution is -2.52. The smallest absolute Gasteiger partial charge is 0.135 e. The minimum atomic E-state index is 0.259. The van der Waals surface area contributed by atoms with Gasteiger partial charge in [-0.3, -0.25) is 9.69 Å². The second-order valence-electron chi connectivity index (χ2n) is 4.80. The van der Waals surface area contributed by atoms with Gasteiger partial charge in [-0.25, -0.2) is 0 Å². The molecule has 2 aliphatic heterocycles. The zero-order chi connectivity index (χ0) is 10.7. The summed E-state index contributed by atoms with van der Waals surface area (Å²) >= 11 is 0. The molecule has 0 saturated carbocycles. The first-order valence-electron chi connectivity index (χ1n) is 6.11. The van der Waals surface area contributed by atoms with Crippen LogP contribution in [0.5, 0.6) is 0 Å². The SMILES string of the molecule is CCCC1(N2CCC(=O)CC2)CCOC1. The van der Waals surface area contributed by atoms with Crippen molar-refractivity contribution in [2.75, 3.05) is 26.3 Å². The zero-order valence-electron chi connectivity index (χ0n) is 9.63. The monoisotopic (exact) mass is 211 g/mol. The number of hydrogen-bond acceptors (Lipinski definition) is 3. The zero-order valence-corrected chi connectivity index (χ0v) is 9.63. The van der Waals surface area contributed by atoms with Crippen molar-refractivity contribution in [3.63, 3.8) is 0 Å². The lowest BCUT2D eigenvalue weighted by Gasteiger charge is -2.42. The average Bonchev–Trinajstić information content (AvgIpc) is 2.69. The Balaban J connectivity index is 2.01. The van der Waals surface area contributed by atoms with Crippen LogP contribution in [0.2, 0.25) is 0 Å². The van der Waals surface area contributed by atoms with E-state index in [9.17, 15) is 4.79 Å². The number of rotatable bonds is 3. The molecule has 0 N–H and O–H groups in total. The molecule has 0 aliphatic carbocycles. The Morgan fingerprint density at radius 3 is 2.67 bits per heavy atom. The second-order valence-corrected chi connectivity index (χ2v) is 4.80. The average molecular weight is 211 g/mol. The Hall–Kier alpha value is -0.410. The lowest BCUT2D eigenvalue weighted by atomic mass is 9.88. The molecule has 0 radical (unpaired) electrons. The van der Waals surface area contributed by atoms with Gasteiger partial charge in [-0.2, -0.15) is 0 Å². The van der Waals surface area contributed by atoms with Gasteiger partial charge in [0, 0.05) is 38.1 Å². The number of carbonyl (C=O) groups is 1. The molecule has 0 aromatic heterocycles. The summed E-state index contributed by atoms with van der Waals surface area (Å²) in [6, 6.07) is 0. The van der Waals surface area contributed by atoms with Crippen LogP contribution in [-0.4, -0.2) is 42.5 Å². The molecule has 1 unspecified atom stereocenters. The molecule has 86 valence electrons. The maximum atomic E-state index is 11.2. The predicted octanol–water partition coefficient (Wildman–Crippen LogP) is 1.61. The number of ketones is 1. The number of likely N-dealkylation sites (tertiary alicyclic amines) is 1. The molecule has 2 saturated heterocycles. The van der Waals surface area contributed by atoms with Gasteiger partial charge < -0.3 is 4.74 Å². The highest BCUT2D eigenvalue weighted by atomic mass is 16.5. The van der Waals surface area contributed by atoms with Gasteiger partial charge in [-0.1, -0.05) is 13.3 Å². The van der Waals surface area contributed by atoms with Gasteiger partial charge >= 0.3 is 0 Å². The largest absolute Gasteiger partial charge is 0.379 e. The molecule has 2 heterocycles. The summed E-state index contributed by atoms with van der Waals surface area (Å²) in [5.41, 5.74) is 0.259. The molecule has 0 aromatic rings. The first kappa shape index (κ1) is 11.1. The Kier molecular flexibility index (Phi) is 3.42. The quantitative estimate of drug-likeness (QED) is 0.710. The molecule has 0 amide bonds. The van der Waals surface area contributed by atoms with Crippen molar-refractivity contribution in [3.8, 4) is 0 Å². The van der Waals surface area contributed by atoms with Crippen molar-refractivity contribution >= 4 is 5.78 Å². The molecule has 2 fully saturated rings. The van der Waals surface area contributed by atoms with Crippen molar-refractivity contribution in [1.82, 2.24) is 4.90 Å². The number of ether oxygens (including phenoxy) is 1. The number of piperidine rings is 1. The third kappa shape index (κ3) is 2.23. The maximum absolute atomic E-state index is 11.2. The fraction of sp³-hybridized carbons (Fsp3) is 0.917. The van der Waals surface area contributed by atoms with Crippen molar-refractivity contribution < 1.29 is 9.53 Å². The molecule has 2 aliphatic rings. The molecule has 3 nitrogen and oxygen atoms in total. The van der Waals surface area contributed by atoms with E-state index in [1.54, 1.807) is 0 Å². The minimum Gasteiger partial charge on any atom is -0.379 e. The van der Waals surface area contributed by atoms with Gasteiger partial charge in [0.1, 0.15) is 5.78 Å². The van der Waals surface area contributed by atoms with Crippen molar-refractivity contribution in [3.05, 3.63) is 0 Å². The summed E-state index contributed by atoms with van der Waals surface area (Å²) in [5.74, 6) is 0.428. The lowest BCUT2D eigenvalue weighted by molar-refractivity contribution is -0.123.